The first-order valence-corrected chi connectivity index (χ1v) is 4.80. The van der Waals surface area contributed by atoms with Gasteiger partial charge in [0.05, 0.1) is 0 Å². The second kappa shape index (κ2) is 4.30. The summed E-state index contributed by atoms with van der Waals surface area (Å²) >= 11 is 0. The molecule has 0 heteroatoms. The molecule has 0 aromatic heterocycles. The normalized spacial score (nSPS) is 15.6. The van der Waals surface area contributed by atoms with Crippen molar-refractivity contribution in [3.8, 4) is 0 Å². The fraction of sp³-hybridized carbons (Fsp3) is 0.500. The zero-order valence-corrected chi connectivity index (χ0v) is 8.25. The van der Waals surface area contributed by atoms with Crippen molar-refractivity contribution >= 4 is 0 Å². The smallest absolute Gasteiger partial charge is 0.0165 e. The quantitative estimate of drug-likeness (QED) is 0.633. The Balaban J connectivity index is 2.71. The molecule has 1 aromatic carbocycles. The van der Waals surface area contributed by atoms with Crippen LogP contribution in [0.5, 0.6) is 0 Å². The Bertz CT molecular complexity index is 213. The molecule has 2 atom stereocenters. The summed E-state index contributed by atoms with van der Waals surface area (Å²) in [6, 6.07) is 10.8. The van der Waals surface area contributed by atoms with Gasteiger partial charge >= 0.3 is 0 Å². The average Bonchev–Trinajstić information content (AvgIpc) is 2.17. The van der Waals surface area contributed by atoms with Crippen LogP contribution >= 0.6 is 0 Å². The Morgan fingerprint density at radius 3 is 2.17 bits per heavy atom. The van der Waals surface area contributed by atoms with Crippen molar-refractivity contribution < 1.29 is 0 Å². The van der Waals surface area contributed by atoms with Gasteiger partial charge in [0, 0.05) is 0 Å². The molecule has 0 aliphatic carbocycles. The van der Waals surface area contributed by atoms with E-state index in [0.29, 0.717) is 5.92 Å². The van der Waals surface area contributed by atoms with E-state index >= 15 is 0 Å². The molecule has 0 saturated heterocycles. The molecule has 0 radical (unpaired) electrons. The van der Waals surface area contributed by atoms with Gasteiger partial charge in [-0.15, -0.1) is 0 Å². The minimum absolute atomic E-state index is 0.691. The Kier molecular flexibility index (Phi) is 3.33. The van der Waals surface area contributed by atoms with Crippen molar-refractivity contribution in [1.29, 1.82) is 0 Å². The fourth-order valence-corrected chi connectivity index (χ4v) is 1.44. The van der Waals surface area contributed by atoms with Gasteiger partial charge in [-0.1, -0.05) is 57.5 Å². The first-order chi connectivity index (χ1) is 5.75. The van der Waals surface area contributed by atoms with Crippen LogP contribution in [-0.4, -0.2) is 0 Å². The summed E-state index contributed by atoms with van der Waals surface area (Å²) in [6.45, 7) is 6.88. The predicted molar refractivity (Wildman–Crippen MR) is 54.3 cm³/mol. The number of hydrogen-bond donors (Lipinski definition) is 0. The van der Waals surface area contributed by atoms with Crippen molar-refractivity contribution in [1.82, 2.24) is 0 Å². The molecule has 1 rings (SSSR count). The molecule has 66 valence electrons. The third-order valence-corrected chi connectivity index (χ3v) is 2.82. The molecule has 0 N–H and O–H groups in total. The fourth-order valence-electron chi connectivity index (χ4n) is 1.44. The zero-order chi connectivity index (χ0) is 8.97. The van der Waals surface area contributed by atoms with Gasteiger partial charge in [0.1, 0.15) is 0 Å². The summed E-state index contributed by atoms with van der Waals surface area (Å²) in [4.78, 5) is 0. The van der Waals surface area contributed by atoms with Crippen LogP contribution in [-0.2, 0) is 0 Å². The standard InChI is InChI=1S/C12H18/c1-4-10(2)11(3)12-8-6-5-7-9-12/h5-11H,4H2,1-3H3. The van der Waals surface area contributed by atoms with Crippen LogP contribution < -0.4 is 0 Å². The van der Waals surface area contributed by atoms with Crippen molar-refractivity contribution in [2.24, 2.45) is 5.92 Å². The molecule has 0 saturated carbocycles. The molecule has 2 unspecified atom stereocenters. The molecular weight excluding hydrogens is 144 g/mol. The van der Waals surface area contributed by atoms with Crippen molar-refractivity contribution in [2.75, 3.05) is 0 Å². The molecule has 0 heterocycles. The highest BCUT2D eigenvalue weighted by molar-refractivity contribution is 5.19. The van der Waals surface area contributed by atoms with Crippen LogP contribution in [0.4, 0.5) is 0 Å². The average molecular weight is 162 g/mol. The van der Waals surface area contributed by atoms with Gasteiger partial charge in [0.25, 0.3) is 0 Å². The summed E-state index contributed by atoms with van der Waals surface area (Å²) in [5, 5.41) is 0. The maximum Gasteiger partial charge on any atom is -0.0165 e. The molecule has 0 spiro atoms. The van der Waals surface area contributed by atoms with E-state index in [1.54, 1.807) is 0 Å². The SMILES string of the molecule is CCC(C)C(C)c1ccccc1. The third-order valence-electron chi connectivity index (χ3n) is 2.82. The van der Waals surface area contributed by atoms with E-state index in [4.69, 9.17) is 0 Å². The van der Waals surface area contributed by atoms with E-state index in [9.17, 15) is 0 Å². The van der Waals surface area contributed by atoms with Crippen LogP contribution in [0.2, 0.25) is 0 Å². The lowest BCUT2D eigenvalue weighted by atomic mass is 9.87. The largest absolute Gasteiger partial charge is 0.0651 e. The minimum atomic E-state index is 0.691. The Hall–Kier alpha value is -0.780. The summed E-state index contributed by atoms with van der Waals surface area (Å²) in [7, 11) is 0. The summed E-state index contributed by atoms with van der Waals surface area (Å²) < 4.78 is 0. The van der Waals surface area contributed by atoms with Crippen LogP contribution in [0, 0.1) is 5.92 Å². The lowest BCUT2D eigenvalue weighted by Crippen LogP contribution is -2.04. The summed E-state index contributed by atoms with van der Waals surface area (Å²) in [5.74, 6) is 1.48. The number of hydrogen-bond acceptors (Lipinski definition) is 0. The van der Waals surface area contributed by atoms with Gasteiger partial charge in [-0.05, 0) is 17.4 Å². The van der Waals surface area contributed by atoms with E-state index in [1.165, 1.54) is 12.0 Å². The number of rotatable bonds is 3. The summed E-state index contributed by atoms with van der Waals surface area (Å²) in [6.07, 6.45) is 1.26. The van der Waals surface area contributed by atoms with E-state index in [1.807, 2.05) is 0 Å². The lowest BCUT2D eigenvalue weighted by Gasteiger charge is -2.18. The second-order valence-electron chi connectivity index (χ2n) is 3.58. The molecule has 12 heavy (non-hydrogen) atoms. The number of benzene rings is 1. The molecule has 0 nitrogen and oxygen atoms in total. The maximum absolute atomic E-state index is 2.32. The van der Waals surface area contributed by atoms with E-state index in [-0.39, 0.29) is 0 Å². The van der Waals surface area contributed by atoms with Gasteiger partial charge < -0.3 is 0 Å². The van der Waals surface area contributed by atoms with Gasteiger partial charge in [-0.25, -0.2) is 0 Å². The first-order valence-electron chi connectivity index (χ1n) is 4.80. The maximum atomic E-state index is 2.32. The molecule has 0 bridgehead atoms. The van der Waals surface area contributed by atoms with Gasteiger partial charge in [-0.2, -0.15) is 0 Å². The zero-order valence-electron chi connectivity index (χ0n) is 8.25. The van der Waals surface area contributed by atoms with Crippen LogP contribution in [0.15, 0.2) is 30.3 Å². The van der Waals surface area contributed by atoms with Crippen LogP contribution in [0.1, 0.15) is 38.7 Å². The predicted octanol–water partition coefficient (Wildman–Crippen LogP) is 3.84. The van der Waals surface area contributed by atoms with Gasteiger partial charge in [-0.3, -0.25) is 0 Å². The Morgan fingerprint density at radius 1 is 1.08 bits per heavy atom. The second-order valence-corrected chi connectivity index (χ2v) is 3.58. The lowest BCUT2D eigenvalue weighted by molar-refractivity contribution is 0.473. The Morgan fingerprint density at radius 2 is 1.67 bits per heavy atom. The van der Waals surface area contributed by atoms with E-state index < -0.39 is 0 Å². The van der Waals surface area contributed by atoms with Crippen molar-refractivity contribution in [3.63, 3.8) is 0 Å². The molecule has 0 aliphatic heterocycles. The molecule has 0 fully saturated rings. The van der Waals surface area contributed by atoms with E-state index in [0.717, 1.165) is 5.92 Å². The van der Waals surface area contributed by atoms with Gasteiger partial charge in [0.15, 0.2) is 0 Å². The van der Waals surface area contributed by atoms with E-state index in [2.05, 4.69) is 51.1 Å². The van der Waals surface area contributed by atoms with Crippen molar-refractivity contribution in [3.05, 3.63) is 35.9 Å². The first kappa shape index (κ1) is 9.31. The molecule has 1 aromatic rings. The minimum Gasteiger partial charge on any atom is -0.0651 e. The molecular formula is C12H18. The van der Waals surface area contributed by atoms with Crippen LogP contribution in [0.25, 0.3) is 0 Å². The molecule has 0 aliphatic rings. The topological polar surface area (TPSA) is 0 Å². The highest BCUT2D eigenvalue weighted by atomic mass is 14.2. The highest BCUT2D eigenvalue weighted by Crippen LogP contribution is 2.25. The van der Waals surface area contributed by atoms with Crippen LogP contribution in [0.3, 0.4) is 0 Å². The van der Waals surface area contributed by atoms with Crippen molar-refractivity contribution in [2.45, 2.75) is 33.1 Å². The molecule has 0 amide bonds. The third kappa shape index (κ3) is 2.10. The summed E-state index contributed by atoms with van der Waals surface area (Å²) in [5.41, 5.74) is 1.46. The monoisotopic (exact) mass is 162 g/mol. The highest BCUT2D eigenvalue weighted by Gasteiger charge is 2.10. The van der Waals surface area contributed by atoms with Gasteiger partial charge in [0.2, 0.25) is 0 Å². The Labute approximate surface area is 75.6 Å².